The fraction of sp³-hybridized carbons (Fsp3) is 0.222. The van der Waals surface area contributed by atoms with Gasteiger partial charge in [0.25, 0.3) is 0 Å². The number of alkyl halides is 1. The van der Waals surface area contributed by atoms with Crippen molar-refractivity contribution < 1.29 is 4.79 Å². The molecule has 2 aromatic carbocycles. The van der Waals surface area contributed by atoms with E-state index in [0.29, 0.717) is 5.33 Å². The van der Waals surface area contributed by atoms with Crippen molar-refractivity contribution in [1.29, 1.82) is 0 Å². The Morgan fingerprint density at radius 1 is 1.00 bits per heavy atom. The van der Waals surface area contributed by atoms with Crippen LogP contribution in [-0.4, -0.2) is 22.0 Å². The molecule has 0 saturated heterocycles. The fourth-order valence-electron chi connectivity index (χ4n) is 1.51. The van der Waals surface area contributed by atoms with Crippen molar-refractivity contribution in [2.75, 3.05) is 11.9 Å². The molecule has 0 saturated carbocycles. The fourth-order valence-corrected chi connectivity index (χ4v) is 1.84. The third-order valence-electron chi connectivity index (χ3n) is 2.49. The molecule has 0 heterocycles. The Bertz CT molecular complexity index is 556. The molecule has 0 bridgehead atoms. The number of benzene rings is 2. The second-order valence-corrected chi connectivity index (χ2v) is 5.26. The Hall–Kier alpha value is -1.23. The topological polar surface area (TPSA) is 43.1 Å². The van der Waals surface area contributed by atoms with Crippen LogP contribution in [0, 0.1) is 0 Å². The number of hydrogen-bond donors (Lipinski definition) is 1. The summed E-state index contributed by atoms with van der Waals surface area (Å²) in [7, 11) is 0. The van der Waals surface area contributed by atoms with E-state index >= 15 is 0 Å². The van der Waals surface area contributed by atoms with Gasteiger partial charge in [-0.15, -0.1) is 0 Å². The van der Waals surface area contributed by atoms with Gasteiger partial charge in [-0.2, -0.15) is 0 Å². The number of hydrogen-bond acceptors (Lipinski definition) is 4. The Balaban J connectivity index is 0. The van der Waals surface area contributed by atoms with Gasteiger partial charge in [-0.05, 0) is 43.0 Å². The van der Waals surface area contributed by atoms with Gasteiger partial charge in [-0.3, -0.25) is 4.79 Å². The van der Waals surface area contributed by atoms with Crippen molar-refractivity contribution in [1.82, 2.24) is 0 Å². The van der Waals surface area contributed by atoms with Crippen LogP contribution in [0.4, 0.5) is 0 Å². The lowest BCUT2D eigenvalue weighted by molar-refractivity contribution is 0.102. The number of Topliss-reactive ketones (excluding diaryl/α,β-unsaturated/α-hetero) is 1. The van der Waals surface area contributed by atoms with Gasteiger partial charge in [-0.25, -0.2) is 0 Å². The summed E-state index contributed by atoms with van der Waals surface area (Å²) in [6.07, 6.45) is 0.987. The minimum absolute atomic E-state index is 0. The van der Waals surface area contributed by atoms with E-state index in [1.165, 1.54) is 5.56 Å². The first-order valence-corrected chi connectivity index (χ1v) is 8.50. The van der Waals surface area contributed by atoms with E-state index in [2.05, 4.69) is 52.5 Å². The highest BCUT2D eigenvalue weighted by molar-refractivity contribution is 9.09. The van der Waals surface area contributed by atoms with Crippen molar-refractivity contribution >= 4 is 50.5 Å². The lowest BCUT2D eigenvalue weighted by atomic mass is 10.2. The molecule has 2 nitrogen and oxygen atoms in total. The van der Waals surface area contributed by atoms with E-state index < -0.39 is 0 Å². The number of thiocarbonyl (C=S) groups is 2. The largest absolute Gasteiger partial charge is 0.330 e. The zero-order chi connectivity index (χ0) is 16.6. The first kappa shape index (κ1) is 24.0. The maximum atomic E-state index is 11.0. The summed E-state index contributed by atoms with van der Waals surface area (Å²) in [6, 6.07) is 19.5. The standard InChI is InChI=1S/C8H7BrO.C8H11N.CS2.CH4/c9-6-8(10)7-4-2-1-3-5-7;9-7-6-8-4-2-1-3-5-8;2-1-3;/h1-5H,6H2;1-5H,6-7,9H2;;1H4. The monoisotopic (exact) mass is 411 g/mol. The minimum atomic E-state index is 0. The summed E-state index contributed by atoms with van der Waals surface area (Å²) >= 11 is 11.0. The number of ketones is 1. The van der Waals surface area contributed by atoms with Gasteiger partial charge in [0, 0.05) is 9.88 Å². The Kier molecular flexibility index (Phi) is 17.9. The molecule has 0 aliphatic rings. The van der Waals surface area contributed by atoms with Crippen LogP contribution in [-0.2, 0) is 6.42 Å². The highest BCUT2D eigenvalue weighted by atomic mass is 79.9. The van der Waals surface area contributed by atoms with Crippen LogP contribution in [0.3, 0.4) is 0 Å². The van der Waals surface area contributed by atoms with Gasteiger partial charge >= 0.3 is 0 Å². The number of nitrogens with two attached hydrogens (primary N) is 1. The molecular weight excluding hydrogens is 390 g/mol. The molecule has 2 rings (SSSR count). The van der Waals surface area contributed by atoms with Crippen molar-refractivity contribution in [3.63, 3.8) is 0 Å². The summed E-state index contributed by atoms with van der Waals surface area (Å²) in [6.45, 7) is 0.740. The van der Waals surface area contributed by atoms with E-state index in [4.69, 9.17) is 5.73 Å². The smallest absolute Gasteiger partial charge is 0.173 e. The van der Waals surface area contributed by atoms with E-state index in [1.807, 2.05) is 52.8 Å². The quantitative estimate of drug-likeness (QED) is 0.431. The lowest BCUT2D eigenvalue weighted by Crippen LogP contribution is -2.01. The average molecular weight is 412 g/mol. The summed E-state index contributed by atoms with van der Waals surface area (Å²) in [4.78, 5) is 11.0. The van der Waals surface area contributed by atoms with Gasteiger partial charge in [0.2, 0.25) is 0 Å². The summed E-state index contributed by atoms with van der Waals surface area (Å²) in [5.41, 5.74) is 7.44. The molecule has 0 unspecified atom stereocenters. The van der Waals surface area contributed by atoms with Gasteiger partial charge in [0.05, 0.1) is 5.33 Å². The third kappa shape index (κ3) is 13.0. The molecule has 5 heteroatoms. The predicted molar refractivity (Wildman–Crippen MR) is 111 cm³/mol. The van der Waals surface area contributed by atoms with Gasteiger partial charge in [0.1, 0.15) is 0 Å². The van der Waals surface area contributed by atoms with Crippen LogP contribution in [0.2, 0.25) is 0 Å². The minimum Gasteiger partial charge on any atom is -0.330 e. The molecule has 0 spiro atoms. The maximum Gasteiger partial charge on any atom is 0.173 e. The third-order valence-corrected chi connectivity index (χ3v) is 3.00. The molecule has 124 valence electrons. The molecule has 0 aliphatic carbocycles. The Morgan fingerprint density at radius 3 is 1.83 bits per heavy atom. The van der Waals surface area contributed by atoms with Crippen molar-refractivity contribution in [3.8, 4) is 0 Å². The summed E-state index contributed by atoms with van der Waals surface area (Å²) in [5, 5.41) is 0.400. The molecule has 0 fully saturated rings. The Labute approximate surface area is 158 Å². The van der Waals surface area contributed by atoms with E-state index in [-0.39, 0.29) is 13.2 Å². The van der Waals surface area contributed by atoms with Crippen LogP contribution in [0.1, 0.15) is 23.3 Å². The van der Waals surface area contributed by atoms with E-state index in [0.717, 1.165) is 18.5 Å². The first-order chi connectivity index (χ1) is 10.7. The maximum absolute atomic E-state index is 11.0. The number of rotatable bonds is 4. The number of carbonyl (C=O) groups excluding carboxylic acids is 1. The van der Waals surface area contributed by atoms with Crippen LogP contribution in [0.15, 0.2) is 60.7 Å². The first-order valence-electron chi connectivity index (χ1n) is 6.57. The van der Waals surface area contributed by atoms with Gasteiger partial charge in [0.15, 0.2) is 5.78 Å². The SMILES string of the molecule is C.NCCc1ccccc1.O=C(CBr)c1ccccc1.S=C=S. The van der Waals surface area contributed by atoms with E-state index in [1.54, 1.807) is 0 Å². The van der Waals surface area contributed by atoms with Crippen LogP contribution in [0.5, 0.6) is 0 Å². The van der Waals surface area contributed by atoms with Crippen LogP contribution >= 0.6 is 40.4 Å². The van der Waals surface area contributed by atoms with E-state index in [9.17, 15) is 4.79 Å². The van der Waals surface area contributed by atoms with Crippen molar-refractivity contribution in [2.24, 2.45) is 5.73 Å². The molecule has 0 atom stereocenters. The predicted octanol–water partition coefficient (Wildman–Crippen LogP) is 5.11. The van der Waals surface area contributed by atoms with Gasteiger partial charge in [-0.1, -0.05) is 84.0 Å². The van der Waals surface area contributed by atoms with Crippen LogP contribution < -0.4 is 5.73 Å². The van der Waals surface area contributed by atoms with Crippen LogP contribution in [0.25, 0.3) is 0 Å². The normalized spacial score (nSPS) is 8.09. The summed E-state index contributed by atoms with van der Waals surface area (Å²) in [5.74, 6) is 0.126. The zero-order valence-corrected chi connectivity index (χ0v) is 15.3. The lowest BCUT2D eigenvalue weighted by Gasteiger charge is -1.93. The molecule has 0 aliphatic heterocycles. The second kappa shape index (κ2) is 17.1. The van der Waals surface area contributed by atoms with Crippen molar-refractivity contribution in [2.45, 2.75) is 13.8 Å². The summed E-state index contributed by atoms with van der Waals surface area (Å²) < 4.78 is 1.92. The molecule has 2 aromatic rings. The average Bonchev–Trinajstić information content (AvgIpc) is 2.57. The second-order valence-electron chi connectivity index (χ2n) is 4.03. The highest BCUT2D eigenvalue weighted by Gasteiger charge is 1.99. The number of halogens is 1. The van der Waals surface area contributed by atoms with Crippen molar-refractivity contribution in [3.05, 3.63) is 71.8 Å². The number of carbonyl (C=O) groups is 1. The molecule has 0 amide bonds. The molecular formula is C18H22BrNOS2. The molecule has 2 N–H and O–H groups in total. The molecule has 0 aromatic heterocycles. The molecule has 23 heavy (non-hydrogen) atoms. The highest BCUT2D eigenvalue weighted by Crippen LogP contribution is 2.01. The van der Waals surface area contributed by atoms with Gasteiger partial charge < -0.3 is 5.73 Å². The molecule has 0 radical (unpaired) electrons. The Morgan fingerprint density at radius 2 is 1.43 bits per heavy atom. The zero-order valence-electron chi connectivity index (χ0n) is 12.1.